The van der Waals surface area contributed by atoms with E-state index in [9.17, 15) is 10.1 Å². The van der Waals surface area contributed by atoms with Crippen LogP contribution in [0.5, 0.6) is 5.75 Å². The normalized spacial score (nSPS) is 10.9. The SMILES string of the molecule is COc1c(Cl)cc(Br)cc1/C=C(\C#N)C(=O)Nc1cccc(Cl)c1. The van der Waals surface area contributed by atoms with Gasteiger partial charge in [-0.3, -0.25) is 4.79 Å². The third-order valence-electron chi connectivity index (χ3n) is 2.99. The number of hydrogen-bond donors (Lipinski definition) is 1. The number of nitrogens with zero attached hydrogens (tertiary/aromatic N) is 1. The summed E-state index contributed by atoms with van der Waals surface area (Å²) in [6, 6.07) is 11.9. The maximum absolute atomic E-state index is 12.3. The van der Waals surface area contributed by atoms with Crippen molar-refractivity contribution in [3.05, 3.63) is 62.1 Å². The average Bonchev–Trinajstić information content (AvgIpc) is 2.52. The van der Waals surface area contributed by atoms with E-state index in [0.29, 0.717) is 31.5 Å². The van der Waals surface area contributed by atoms with Crippen LogP contribution in [0.4, 0.5) is 5.69 Å². The first-order valence-corrected chi connectivity index (χ1v) is 8.21. The van der Waals surface area contributed by atoms with Crippen molar-refractivity contribution >= 4 is 56.8 Å². The maximum Gasteiger partial charge on any atom is 0.266 e. The molecule has 0 aromatic heterocycles. The summed E-state index contributed by atoms with van der Waals surface area (Å²) in [6.07, 6.45) is 1.41. The summed E-state index contributed by atoms with van der Waals surface area (Å²) in [5.41, 5.74) is 0.907. The summed E-state index contributed by atoms with van der Waals surface area (Å²) in [7, 11) is 1.46. The molecule has 24 heavy (non-hydrogen) atoms. The Labute approximate surface area is 157 Å². The number of amides is 1. The highest BCUT2D eigenvalue weighted by Crippen LogP contribution is 2.33. The number of benzene rings is 2. The van der Waals surface area contributed by atoms with Crippen molar-refractivity contribution in [3.8, 4) is 11.8 Å². The van der Waals surface area contributed by atoms with E-state index in [1.807, 2.05) is 6.07 Å². The molecule has 0 fully saturated rings. The lowest BCUT2D eigenvalue weighted by Gasteiger charge is -2.09. The molecule has 0 heterocycles. The van der Waals surface area contributed by atoms with E-state index < -0.39 is 5.91 Å². The Morgan fingerprint density at radius 3 is 2.71 bits per heavy atom. The van der Waals surface area contributed by atoms with Crippen LogP contribution in [0.25, 0.3) is 6.08 Å². The second-order valence-corrected chi connectivity index (χ2v) is 6.40. The van der Waals surface area contributed by atoms with Crippen LogP contribution in [0, 0.1) is 11.3 Å². The molecule has 1 N–H and O–H groups in total. The van der Waals surface area contributed by atoms with Gasteiger partial charge in [-0.1, -0.05) is 45.2 Å². The molecular weight excluding hydrogens is 415 g/mol. The van der Waals surface area contributed by atoms with Crippen molar-refractivity contribution in [3.63, 3.8) is 0 Å². The number of nitrogens with one attached hydrogen (secondary N) is 1. The van der Waals surface area contributed by atoms with E-state index in [2.05, 4.69) is 21.2 Å². The maximum atomic E-state index is 12.3. The number of carbonyl (C=O) groups is 1. The minimum Gasteiger partial charge on any atom is -0.495 e. The molecule has 0 spiro atoms. The van der Waals surface area contributed by atoms with Gasteiger partial charge in [0.15, 0.2) is 0 Å². The molecule has 2 aromatic carbocycles. The molecule has 0 saturated heterocycles. The molecule has 0 unspecified atom stereocenters. The van der Waals surface area contributed by atoms with Crippen molar-refractivity contribution < 1.29 is 9.53 Å². The Hall–Kier alpha value is -2.00. The van der Waals surface area contributed by atoms with Gasteiger partial charge in [0.25, 0.3) is 5.91 Å². The van der Waals surface area contributed by atoms with Crippen LogP contribution in [0.3, 0.4) is 0 Å². The largest absolute Gasteiger partial charge is 0.495 e. The van der Waals surface area contributed by atoms with Crippen LogP contribution in [-0.4, -0.2) is 13.0 Å². The van der Waals surface area contributed by atoms with E-state index in [4.69, 9.17) is 27.9 Å². The summed E-state index contributed by atoms with van der Waals surface area (Å²) in [4.78, 5) is 12.3. The van der Waals surface area contributed by atoms with Crippen LogP contribution in [0.2, 0.25) is 10.0 Å². The first kappa shape index (κ1) is 18.3. The van der Waals surface area contributed by atoms with Crippen LogP contribution in [-0.2, 0) is 4.79 Å². The number of methoxy groups -OCH3 is 1. The Balaban J connectivity index is 2.36. The Morgan fingerprint density at radius 1 is 1.33 bits per heavy atom. The van der Waals surface area contributed by atoms with Crippen LogP contribution >= 0.6 is 39.1 Å². The highest BCUT2D eigenvalue weighted by Gasteiger charge is 2.14. The molecule has 7 heteroatoms. The Bertz CT molecular complexity index is 860. The van der Waals surface area contributed by atoms with Gasteiger partial charge in [-0.15, -0.1) is 0 Å². The van der Waals surface area contributed by atoms with E-state index >= 15 is 0 Å². The van der Waals surface area contributed by atoms with Gasteiger partial charge in [-0.05, 0) is 36.4 Å². The van der Waals surface area contributed by atoms with Gasteiger partial charge >= 0.3 is 0 Å². The first-order chi connectivity index (χ1) is 11.4. The van der Waals surface area contributed by atoms with Crippen LogP contribution in [0.1, 0.15) is 5.56 Å². The van der Waals surface area contributed by atoms with Crippen molar-refractivity contribution in [1.82, 2.24) is 0 Å². The number of nitriles is 1. The van der Waals surface area contributed by atoms with Gasteiger partial charge in [0, 0.05) is 20.7 Å². The molecule has 0 aliphatic carbocycles. The molecule has 1 amide bonds. The van der Waals surface area contributed by atoms with Gasteiger partial charge in [0.05, 0.1) is 12.1 Å². The average molecular weight is 426 g/mol. The van der Waals surface area contributed by atoms with Crippen molar-refractivity contribution in [2.75, 3.05) is 12.4 Å². The number of halogens is 3. The number of ether oxygens (including phenoxy) is 1. The topological polar surface area (TPSA) is 62.1 Å². The smallest absolute Gasteiger partial charge is 0.266 e. The second-order valence-electron chi connectivity index (χ2n) is 4.64. The van der Waals surface area contributed by atoms with Crippen molar-refractivity contribution in [2.24, 2.45) is 0 Å². The van der Waals surface area contributed by atoms with Crippen LogP contribution in [0.15, 0.2) is 46.4 Å². The summed E-state index contributed by atoms with van der Waals surface area (Å²) in [5.74, 6) is -0.180. The number of carbonyl (C=O) groups excluding carboxylic acids is 1. The Morgan fingerprint density at radius 2 is 2.08 bits per heavy atom. The predicted octanol–water partition coefficient (Wildman–Crippen LogP) is 5.31. The molecule has 122 valence electrons. The molecular formula is C17H11BrCl2N2O2. The minimum atomic E-state index is -0.557. The summed E-state index contributed by atoms with van der Waals surface area (Å²) in [6.45, 7) is 0. The fourth-order valence-corrected chi connectivity index (χ4v) is 3.07. The fraction of sp³-hybridized carbons (Fsp3) is 0.0588. The molecule has 2 rings (SSSR count). The van der Waals surface area contributed by atoms with Gasteiger partial charge in [0.2, 0.25) is 0 Å². The number of anilines is 1. The Kier molecular flexibility index (Phi) is 6.27. The van der Waals surface area contributed by atoms with E-state index in [1.165, 1.54) is 13.2 Å². The predicted molar refractivity (Wildman–Crippen MR) is 99.4 cm³/mol. The second kappa shape index (κ2) is 8.20. The monoisotopic (exact) mass is 424 g/mol. The molecule has 2 aromatic rings. The third kappa shape index (κ3) is 4.51. The highest BCUT2D eigenvalue weighted by molar-refractivity contribution is 9.10. The molecule has 0 bridgehead atoms. The summed E-state index contributed by atoms with van der Waals surface area (Å²) >= 11 is 15.3. The van der Waals surface area contributed by atoms with Crippen LogP contribution < -0.4 is 10.1 Å². The molecule has 0 aliphatic rings. The molecule has 0 atom stereocenters. The van der Waals surface area contributed by atoms with Gasteiger partial charge in [-0.25, -0.2) is 0 Å². The molecule has 0 radical (unpaired) electrons. The number of hydrogen-bond acceptors (Lipinski definition) is 3. The molecule has 4 nitrogen and oxygen atoms in total. The van der Waals surface area contributed by atoms with Crippen molar-refractivity contribution in [1.29, 1.82) is 5.26 Å². The lowest BCUT2D eigenvalue weighted by atomic mass is 10.1. The van der Waals surface area contributed by atoms with E-state index in [-0.39, 0.29) is 5.57 Å². The summed E-state index contributed by atoms with van der Waals surface area (Å²) < 4.78 is 5.94. The van der Waals surface area contributed by atoms with Gasteiger partial charge < -0.3 is 10.1 Å². The lowest BCUT2D eigenvalue weighted by molar-refractivity contribution is -0.112. The highest BCUT2D eigenvalue weighted by atomic mass is 79.9. The third-order valence-corrected chi connectivity index (χ3v) is 3.96. The minimum absolute atomic E-state index is 0.0950. The van der Waals surface area contributed by atoms with Gasteiger partial charge in [-0.2, -0.15) is 5.26 Å². The van der Waals surface area contributed by atoms with E-state index in [1.54, 1.807) is 36.4 Å². The van der Waals surface area contributed by atoms with Crippen molar-refractivity contribution in [2.45, 2.75) is 0 Å². The zero-order valence-corrected chi connectivity index (χ0v) is 15.5. The summed E-state index contributed by atoms with van der Waals surface area (Å²) in [5, 5.41) is 12.8. The lowest BCUT2D eigenvalue weighted by Crippen LogP contribution is -2.13. The standard InChI is InChI=1S/C17H11BrCl2N2O2/c1-24-16-10(6-12(18)7-15(16)20)5-11(9-21)17(23)22-14-4-2-3-13(19)8-14/h2-8H,1H3,(H,22,23)/b11-5+. The number of rotatable bonds is 4. The first-order valence-electron chi connectivity index (χ1n) is 6.66. The molecule has 0 saturated carbocycles. The fourth-order valence-electron chi connectivity index (χ4n) is 1.97. The zero-order valence-electron chi connectivity index (χ0n) is 12.4. The van der Waals surface area contributed by atoms with E-state index in [0.717, 1.165) is 0 Å². The van der Waals surface area contributed by atoms with Gasteiger partial charge in [0.1, 0.15) is 17.4 Å². The zero-order chi connectivity index (χ0) is 17.7. The molecule has 0 aliphatic heterocycles. The quantitative estimate of drug-likeness (QED) is 0.533.